The van der Waals surface area contributed by atoms with Crippen molar-refractivity contribution < 1.29 is 8.42 Å². The van der Waals surface area contributed by atoms with E-state index in [1.165, 1.54) is 12.8 Å². The van der Waals surface area contributed by atoms with E-state index in [-0.39, 0.29) is 17.0 Å². The standard InChI is InChI=1S/C14H23N3O2S/c1-10(2)17-20(18,19)13-7-5-12(6-8-13)16-14(9-15)11-3-4-11/h5-8,10-11,14,16-17H,3-4,9,15H2,1-2H3. The first kappa shape index (κ1) is 15.3. The van der Waals surface area contributed by atoms with Crippen LogP contribution in [0, 0.1) is 5.92 Å². The van der Waals surface area contributed by atoms with Gasteiger partial charge < -0.3 is 11.1 Å². The van der Waals surface area contributed by atoms with Crippen molar-refractivity contribution in [1.82, 2.24) is 4.72 Å². The molecule has 4 N–H and O–H groups in total. The highest BCUT2D eigenvalue weighted by Gasteiger charge is 2.30. The molecular formula is C14H23N3O2S. The highest BCUT2D eigenvalue weighted by Crippen LogP contribution is 2.33. The van der Waals surface area contributed by atoms with Crippen molar-refractivity contribution in [2.24, 2.45) is 11.7 Å². The number of sulfonamides is 1. The first-order chi connectivity index (χ1) is 9.42. The smallest absolute Gasteiger partial charge is 0.240 e. The fraction of sp³-hybridized carbons (Fsp3) is 0.571. The average molecular weight is 297 g/mol. The summed E-state index contributed by atoms with van der Waals surface area (Å²) in [5.41, 5.74) is 6.66. The number of nitrogens with two attached hydrogens (primary N) is 1. The molecule has 1 aromatic rings. The SMILES string of the molecule is CC(C)NS(=O)(=O)c1ccc(NC(CN)C2CC2)cc1. The molecule has 6 heteroatoms. The van der Waals surface area contributed by atoms with Gasteiger partial charge in [-0.3, -0.25) is 0 Å². The molecular weight excluding hydrogens is 274 g/mol. The van der Waals surface area contributed by atoms with Gasteiger partial charge in [0.2, 0.25) is 10.0 Å². The molecule has 0 bridgehead atoms. The molecule has 0 heterocycles. The average Bonchev–Trinajstić information content (AvgIpc) is 3.19. The van der Waals surface area contributed by atoms with Crippen molar-refractivity contribution in [3.8, 4) is 0 Å². The lowest BCUT2D eigenvalue weighted by atomic mass is 10.1. The Morgan fingerprint density at radius 2 is 1.85 bits per heavy atom. The second-order valence-corrected chi connectivity index (χ2v) is 7.34. The first-order valence-corrected chi connectivity index (χ1v) is 8.49. The lowest BCUT2D eigenvalue weighted by Gasteiger charge is -2.17. The normalized spacial score (nSPS) is 17.2. The predicted octanol–water partition coefficient (Wildman–Crippen LogP) is 1.52. The largest absolute Gasteiger partial charge is 0.381 e. The summed E-state index contributed by atoms with van der Waals surface area (Å²) >= 11 is 0. The molecule has 0 spiro atoms. The number of hydrogen-bond donors (Lipinski definition) is 3. The van der Waals surface area contributed by atoms with Crippen LogP contribution < -0.4 is 15.8 Å². The molecule has 1 saturated carbocycles. The van der Waals surface area contributed by atoms with Gasteiger partial charge in [0.15, 0.2) is 0 Å². The van der Waals surface area contributed by atoms with Crippen LogP contribution in [0.4, 0.5) is 5.69 Å². The summed E-state index contributed by atoms with van der Waals surface area (Å²) in [4.78, 5) is 0.285. The first-order valence-electron chi connectivity index (χ1n) is 7.01. The third-order valence-corrected chi connectivity index (χ3v) is 5.03. The molecule has 0 saturated heterocycles. The minimum Gasteiger partial charge on any atom is -0.381 e. The Kier molecular flexibility index (Phi) is 4.67. The quantitative estimate of drug-likeness (QED) is 0.712. The highest BCUT2D eigenvalue weighted by molar-refractivity contribution is 7.89. The van der Waals surface area contributed by atoms with Crippen LogP contribution in [0.1, 0.15) is 26.7 Å². The van der Waals surface area contributed by atoms with Gasteiger partial charge in [-0.15, -0.1) is 0 Å². The van der Waals surface area contributed by atoms with E-state index in [2.05, 4.69) is 10.0 Å². The number of nitrogens with one attached hydrogen (secondary N) is 2. The second kappa shape index (κ2) is 6.11. The van der Waals surface area contributed by atoms with E-state index in [1.54, 1.807) is 38.1 Å². The van der Waals surface area contributed by atoms with Crippen LogP contribution in [0.5, 0.6) is 0 Å². The van der Waals surface area contributed by atoms with E-state index in [4.69, 9.17) is 5.73 Å². The molecule has 1 atom stereocenters. The van der Waals surface area contributed by atoms with Crippen molar-refractivity contribution in [2.45, 2.75) is 43.7 Å². The van der Waals surface area contributed by atoms with Crippen LogP contribution in [0.3, 0.4) is 0 Å². The van der Waals surface area contributed by atoms with E-state index in [9.17, 15) is 8.42 Å². The van der Waals surface area contributed by atoms with Gasteiger partial charge in [0.1, 0.15) is 0 Å². The summed E-state index contributed by atoms with van der Waals surface area (Å²) in [6.07, 6.45) is 2.44. The summed E-state index contributed by atoms with van der Waals surface area (Å²) in [5, 5.41) is 3.37. The van der Waals surface area contributed by atoms with Gasteiger partial charge in [0.05, 0.1) is 4.90 Å². The van der Waals surface area contributed by atoms with Gasteiger partial charge in [0, 0.05) is 24.3 Å². The van der Waals surface area contributed by atoms with Crippen LogP contribution >= 0.6 is 0 Å². The Morgan fingerprint density at radius 3 is 2.30 bits per heavy atom. The lowest BCUT2D eigenvalue weighted by Crippen LogP contribution is -2.31. The molecule has 112 valence electrons. The lowest BCUT2D eigenvalue weighted by molar-refractivity contribution is 0.570. The topological polar surface area (TPSA) is 84.2 Å². The number of benzene rings is 1. The minimum atomic E-state index is -3.42. The fourth-order valence-electron chi connectivity index (χ4n) is 2.19. The van der Waals surface area contributed by atoms with Crippen molar-refractivity contribution >= 4 is 15.7 Å². The van der Waals surface area contributed by atoms with Crippen LogP contribution in [0.15, 0.2) is 29.2 Å². The molecule has 1 aliphatic rings. The monoisotopic (exact) mass is 297 g/mol. The van der Waals surface area contributed by atoms with Gasteiger partial charge in [-0.25, -0.2) is 13.1 Å². The van der Waals surface area contributed by atoms with E-state index < -0.39 is 10.0 Å². The minimum absolute atomic E-state index is 0.116. The van der Waals surface area contributed by atoms with Crippen molar-refractivity contribution in [3.05, 3.63) is 24.3 Å². The molecule has 0 amide bonds. The molecule has 1 aliphatic carbocycles. The van der Waals surface area contributed by atoms with Crippen LogP contribution in [-0.2, 0) is 10.0 Å². The van der Waals surface area contributed by atoms with E-state index in [0.717, 1.165) is 5.69 Å². The molecule has 1 fully saturated rings. The van der Waals surface area contributed by atoms with Crippen molar-refractivity contribution in [1.29, 1.82) is 0 Å². The number of hydrogen-bond acceptors (Lipinski definition) is 4. The molecule has 20 heavy (non-hydrogen) atoms. The zero-order chi connectivity index (χ0) is 14.8. The Balaban J connectivity index is 2.05. The summed E-state index contributed by atoms with van der Waals surface area (Å²) < 4.78 is 26.6. The zero-order valence-corrected chi connectivity index (χ0v) is 12.8. The second-order valence-electron chi connectivity index (χ2n) is 5.62. The third kappa shape index (κ3) is 3.94. The third-order valence-electron chi connectivity index (χ3n) is 3.35. The Bertz CT molecular complexity index is 536. The predicted molar refractivity (Wildman–Crippen MR) is 81.1 cm³/mol. The van der Waals surface area contributed by atoms with Gasteiger partial charge in [-0.2, -0.15) is 0 Å². The van der Waals surface area contributed by atoms with Crippen molar-refractivity contribution in [3.63, 3.8) is 0 Å². The molecule has 0 radical (unpaired) electrons. The highest BCUT2D eigenvalue weighted by atomic mass is 32.2. The van der Waals surface area contributed by atoms with Gasteiger partial charge in [-0.05, 0) is 56.9 Å². The molecule has 5 nitrogen and oxygen atoms in total. The maximum Gasteiger partial charge on any atom is 0.240 e. The van der Waals surface area contributed by atoms with Gasteiger partial charge in [0.25, 0.3) is 0 Å². The molecule has 1 aromatic carbocycles. The number of anilines is 1. The van der Waals surface area contributed by atoms with Crippen LogP contribution in [-0.4, -0.2) is 27.0 Å². The maximum absolute atomic E-state index is 12.0. The molecule has 2 rings (SSSR count). The van der Waals surface area contributed by atoms with Gasteiger partial charge >= 0.3 is 0 Å². The Morgan fingerprint density at radius 1 is 1.25 bits per heavy atom. The number of rotatable bonds is 7. The summed E-state index contributed by atoms with van der Waals surface area (Å²) in [6, 6.07) is 6.99. The van der Waals surface area contributed by atoms with E-state index >= 15 is 0 Å². The van der Waals surface area contributed by atoms with E-state index in [0.29, 0.717) is 12.5 Å². The molecule has 0 aromatic heterocycles. The summed E-state index contributed by atoms with van der Waals surface area (Å²) in [6.45, 7) is 4.20. The maximum atomic E-state index is 12.0. The Hall–Kier alpha value is -1.11. The van der Waals surface area contributed by atoms with Crippen molar-refractivity contribution in [2.75, 3.05) is 11.9 Å². The molecule has 0 aliphatic heterocycles. The van der Waals surface area contributed by atoms with E-state index in [1.807, 2.05) is 0 Å². The van der Waals surface area contributed by atoms with Crippen LogP contribution in [0.2, 0.25) is 0 Å². The van der Waals surface area contributed by atoms with Crippen LogP contribution in [0.25, 0.3) is 0 Å². The fourth-order valence-corrected chi connectivity index (χ4v) is 3.44. The summed E-state index contributed by atoms with van der Waals surface area (Å²) in [7, 11) is -3.42. The molecule has 1 unspecified atom stereocenters. The Labute approximate surface area is 121 Å². The zero-order valence-electron chi connectivity index (χ0n) is 12.0. The summed E-state index contributed by atoms with van der Waals surface area (Å²) in [5.74, 6) is 0.658. The van der Waals surface area contributed by atoms with Gasteiger partial charge in [-0.1, -0.05) is 0 Å².